The summed E-state index contributed by atoms with van der Waals surface area (Å²) in [5.41, 5.74) is -1.82. The zero-order valence-corrected chi connectivity index (χ0v) is 65.3. The first-order chi connectivity index (χ1) is 60.6. The van der Waals surface area contributed by atoms with Gasteiger partial charge < -0.3 is 37.0 Å². The SMILES string of the molecule is C.C1=Cc2cnccc2C1.Cc1cc(C(F)(F)F)c(Oc2ccc3c(c2)c(=O)ncn3Cc2c(F)cc(F)cc2F)nc1-n1ccc2cnccc21.O=c1ncn(Cc2c(F)cc(F)cc2F)c2ccc(Oc3ncc(CCl)cc3C(F)(F)F)cc12.O=c1ncn(Cc2c(F)cc(F)cc2F)c2ccc(Oc3ncc(Cn4ccc5cnccc54)cc3C(F)(F)F)cc12. The number of allylic oxidation sites excluding steroid dienone is 1. The van der Waals surface area contributed by atoms with Crippen LogP contribution in [0.15, 0.2) is 241 Å². The predicted octanol–water partition coefficient (Wildman–Crippen LogP) is 21.3. The Bertz CT molecular complexity index is 7320. The van der Waals surface area contributed by atoms with Gasteiger partial charge in [-0.1, -0.05) is 19.6 Å². The number of ether oxygens (including phenoxy) is 3. The molecule has 39 heteroatoms. The molecular weight excluding hydrogens is 1740 g/mol. The molecule has 18 rings (SSSR count). The second-order valence-corrected chi connectivity index (χ2v) is 28.4. The zero-order valence-electron chi connectivity index (χ0n) is 64.6. The Balaban J connectivity index is 0.000000148. The van der Waals surface area contributed by atoms with E-state index >= 15 is 0 Å². The van der Waals surface area contributed by atoms with Crippen molar-refractivity contribution in [3.05, 3.63) is 371 Å². The topological polar surface area (TPSA) is 220 Å². The van der Waals surface area contributed by atoms with E-state index < -0.39 is 158 Å². The minimum Gasteiger partial charge on any atom is -0.438 e. The van der Waals surface area contributed by atoms with E-state index in [-0.39, 0.29) is 92.3 Å². The third-order valence-corrected chi connectivity index (χ3v) is 20.0. The number of benzene rings is 6. The van der Waals surface area contributed by atoms with Crippen LogP contribution in [0, 0.1) is 59.3 Å². The van der Waals surface area contributed by atoms with Gasteiger partial charge >= 0.3 is 18.5 Å². The number of aryl methyl sites for hydroxylation is 1. The molecule has 652 valence electrons. The van der Waals surface area contributed by atoms with Crippen LogP contribution in [-0.4, -0.2) is 67.7 Å². The highest BCUT2D eigenvalue weighted by atomic mass is 35.5. The summed E-state index contributed by atoms with van der Waals surface area (Å²) in [5.74, 6) is -12.7. The summed E-state index contributed by atoms with van der Waals surface area (Å²) >= 11 is 5.59. The number of aromatic nitrogens is 14. The highest BCUT2D eigenvalue weighted by Crippen LogP contribution is 2.43. The molecule has 6 aromatic carbocycles. The molecule has 1 aliphatic carbocycles. The molecule has 11 aromatic heterocycles. The number of alkyl halides is 10. The Labute approximate surface area is 713 Å². The molecule has 11 heterocycles. The Morgan fingerprint density at radius 1 is 0.398 bits per heavy atom. The molecule has 20 nitrogen and oxygen atoms in total. The van der Waals surface area contributed by atoms with E-state index in [2.05, 4.69) is 63.1 Å². The second-order valence-electron chi connectivity index (χ2n) is 28.1. The average Bonchev–Trinajstić information content (AvgIpc) is 1.42. The number of hydrogen-bond acceptors (Lipinski definition) is 15. The molecule has 0 aliphatic heterocycles. The standard InChI is InChI=1S/2C29H17F6N5O2.C22H12ClF6N3O2.C8H7N.CH4/c1-15-8-21(29(33,34)35)28(38-26(15)40-7-5-16-12-36-6-4-24(16)40)42-18-2-3-25-19(11-18)27(41)37-14-39(25)13-20-22(31)9-17(30)10-23(20)32;30-18-8-23(31)21(24(32)9-18)14-40-15-38-27(41)20-10-19(1-2-26(20)40)42-28-22(29(33,34)35)7-16(11-37-28)13-39-6-4-17-12-36-5-3-25(17)39;23-7-11-3-16(22(27,28)29)21(30-8-11)34-13-1-2-19-14(6-13)20(33)31-10-32(19)9-15-17(25)4-12(24)5-18(15)26;1-2-7-4-5-9-6-8(7)3-1;/h2-12,14H,13H2,1H3;1-12,15H,13-14H2;1-6,8,10H,7,9H2;1,3-6H,2H2;1H4. The lowest BCUT2D eigenvalue weighted by Gasteiger charge is -2.17. The number of fused-ring (bicyclic) bond motifs is 6. The van der Waals surface area contributed by atoms with Gasteiger partial charge in [-0.25, -0.2) is 49.5 Å². The van der Waals surface area contributed by atoms with E-state index in [4.69, 9.17) is 25.8 Å². The first-order valence-electron chi connectivity index (χ1n) is 37.2. The zero-order chi connectivity index (χ0) is 90.1. The van der Waals surface area contributed by atoms with Crippen molar-refractivity contribution in [2.45, 2.75) is 71.4 Å². The molecule has 0 unspecified atom stereocenters. The van der Waals surface area contributed by atoms with Crippen LogP contribution in [0.2, 0.25) is 0 Å². The fraction of sp³-hybridized carbons (Fsp3) is 0.124. The van der Waals surface area contributed by atoms with Gasteiger partial charge in [-0.2, -0.15) is 59.4 Å². The Morgan fingerprint density at radius 2 is 0.789 bits per heavy atom. The van der Waals surface area contributed by atoms with Crippen LogP contribution >= 0.6 is 11.6 Å². The smallest absolute Gasteiger partial charge is 0.421 e. The molecule has 0 atom stereocenters. The van der Waals surface area contributed by atoms with Crippen molar-refractivity contribution in [2.24, 2.45) is 0 Å². The lowest BCUT2D eigenvalue weighted by molar-refractivity contribution is -0.139. The maximum absolute atomic E-state index is 14.3. The monoisotopic (exact) mass is 1790 g/mol. The van der Waals surface area contributed by atoms with E-state index in [0.717, 1.165) is 84.3 Å². The van der Waals surface area contributed by atoms with Gasteiger partial charge in [0.15, 0.2) is 0 Å². The fourth-order valence-electron chi connectivity index (χ4n) is 13.6. The van der Waals surface area contributed by atoms with Gasteiger partial charge in [0.1, 0.15) is 92.1 Å². The van der Waals surface area contributed by atoms with Crippen molar-refractivity contribution in [3.63, 3.8) is 0 Å². The van der Waals surface area contributed by atoms with Crippen molar-refractivity contribution >= 4 is 72.2 Å². The molecule has 1 aliphatic rings. The number of pyridine rings is 6. The summed E-state index contributed by atoms with van der Waals surface area (Å²) in [6.07, 6.45) is 10.0. The molecule has 17 aromatic rings. The third kappa shape index (κ3) is 19.5. The van der Waals surface area contributed by atoms with Gasteiger partial charge in [-0.3, -0.25) is 29.3 Å². The highest BCUT2D eigenvalue weighted by Gasteiger charge is 2.39. The molecule has 0 fully saturated rings. The van der Waals surface area contributed by atoms with E-state index in [1.165, 1.54) is 74.3 Å². The maximum atomic E-state index is 14.3. The lowest BCUT2D eigenvalue weighted by Crippen LogP contribution is -2.15. The first kappa shape index (κ1) is 89.2. The maximum Gasteiger partial charge on any atom is 0.421 e. The number of halogens is 19. The Kier molecular flexibility index (Phi) is 25.5. The van der Waals surface area contributed by atoms with Crippen LogP contribution in [-0.2, 0) is 57.0 Å². The number of rotatable bonds is 16. The fourth-order valence-corrected chi connectivity index (χ4v) is 13.8. The largest absolute Gasteiger partial charge is 0.438 e. The normalized spacial score (nSPS) is 11.9. The van der Waals surface area contributed by atoms with Gasteiger partial charge in [0.2, 0.25) is 17.6 Å². The van der Waals surface area contributed by atoms with E-state index in [9.17, 15) is 93.4 Å². The summed E-state index contributed by atoms with van der Waals surface area (Å²) in [7, 11) is 0. The molecule has 0 spiro atoms. The van der Waals surface area contributed by atoms with Crippen LogP contribution in [0.4, 0.5) is 79.0 Å². The Hall–Kier alpha value is -15.1. The number of nitrogens with zero attached hydrogens (tertiary/aromatic N) is 14. The van der Waals surface area contributed by atoms with E-state index in [1.807, 2.05) is 12.4 Å². The van der Waals surface area contributed by atoms with Crippen LogP contribution < -0.4 is 30.9 Å². The average molecular weight is 1800 g/mol. The number of hydrogen-bond donors (Lipinski definition) is 0. The van der Waals surface area contributed by atoms with Crippen LogP contribution in [0.3, 0.4) is 0 Å². The molecule has 0 radical (unpaired) electrons. The van der Waals surface area contributed by atoms with Crippen molar-refractivity contribution in [3.8, 4) is 40.7 Å². The molecule has 0 bridgehead atoms. The van der Waals surface area contributed by atoms with Gasteiger partial charge in [0.05, 0.1) is 82.4 Å². The third-order valence-electron chi connectivity index (χ3n) is 19.7. The molecule has 128 heavy (non-hydrogen) atoms. The minimum absolute atomic E-state index is 0. The van der Waals surface area contributed by atoms with Gasteiger partial charge in [0.25, 0.3) is 16.7 Å². The highest BCUT2D eigenvalue weighted by molar-refractivity contribution is 6.17. The van der Waals surface area contributed by atoms with Crippen molar-refractivity contribution in [1.29, 1.82) is 0 Å². The molecule has 0 N–H and O–H groups in total. The molecule has 0 amide bonds. The van der Waals surface area contributed by atoms with Crippen molar-refractivity contribution in [2.75, 3.05) is 0 Å². The van der Waals surface area contributed by atoms with Crippen molar-refractivity contribution in [1.82, 2.24) is 67.7 Å². The lowest BCUT2D eigenvalue weighted by atomic mass is 10.1. The second kappa shape index (κ2) is 36.6. The van der Waals surface area contributed by atoms with E-state index in [0.29, 0.717) is 41.9 Å². The van der Waals surface area contributed by atoms with E-state index in [1.54, 1.807) is 70.6 Å². The predicted molar refractivity (Wildman–Crippen MR) is 434 cm³/mol. The molecule has 0 saturated carbocycles. The Morgan fingerprint density at radius 3 is 1.23 bits per heavy atom. The quantitative estimate of drug-likeness (QED) is 0.0649. The molecular formula is C89H57ClF18N14O6. The summed E-state index contributed by atoms with van der Waals surface area (Å²) in [6, 6.07) is 26.1. The van der Waals surface area contributed by atoms with Gasteiger partial charge in [-0.05, 0) is 144 Å². The van der Waals surface area contributed by atoms with Crippen LogP contribution in [0.1, 0.15) is 68.6 Å². The minimum atomic E-state index is -4.82. The summed E-state index contributed by atoms with van der Waals surface area (Å²) in [6.45, 7) is 0.299. The summed E-state index contributed by atoms with van der Waals surface area (Å²) in [5, 5.41) is 1.31. The first-order valence-corrected chi connectivity index (χ1v) is 37.7. The molecule has 0 saturated heterocycles. The van der Waals surface area contributed by atoms with Gasteiger partial charge in [-0.15, -0.1) is 11.6 Å². The van der Waals surface area contributed by atoms with Crippen LogP contribution in [0.5, 0.6) is 34.9 Å². The summed E-state index contributed by atoms with van der Waals surface area (Å²) in [4.78, 5) is 72.3. The van der Waals surface area contributed by atoms with Gasteiger partial charge in [0, 0.05) is 138 Å². The summed E-state index contributed by atoms with van der Waals surface area (Å²) < 4.78 is 273. The van der Waals surface area contributed by atoms with Crippen molar-refractivity contribution < 1.29 is 93.2 Å². The van der Waals surface area contributed by atoms with Crippen LogP contribution in [0.25, 0.3) is 66.4 Å².